The molecule has 82 valence electrons. The SMILES string of the molecule is CC1CN(c2cc(N)ncn2)CCN1C. The van der Waals surface area contributed by atoms with E-state index in [1.807, 2.05) is 6.07 Å². The van der Waals surface area contributed by atoms with Crippen LogP contribution in [0.15, 0.2) is 12.4 Å². The smallest absolute Gasteiger partial charge is 0.134 e. The number of nitrogens with zero attached hydrogens (tertiary/aromatic N) is 4. The average molecular weight is 207 g/mol. The van der Waals surface area contributed by atoms with Crippen LogP contribution in [0.1, 0.15) is 6.92 Å². The summed E-state index contributed by atoms with van der Waals surface area (Å²) >= 11 is 0. The topological polar surface area (TPSA) is 58.3 Å². The predicted octanol–water partition coefficient (Wildman–Crippen LogP) is 0.199. The summed E-state index contributed by atoms with van der Waals surface area (Å²) in [6.45, 7) is 5.27. The van der Waals surface area contributed by atoms with Crippen molar-refractivity contribution in [3.63, 3.8) is 0 Å². The molecule has 0 saturated carbocycles. The van der Waals surface area contributed by atoms with Crippen molar-refractivity contribution in [3.8, 4) is 0 Å². The number of aromatic nitrogens is 2. The lowest BCUT2D eigenvalue weighted by Gasteiger charge is -2.38. The van der Waals surface area contributed by atoms with E-state index >= 15 is 0 Å². The van der Waals surface area contributed by atoms with Crippen LogP contribution in [0.25, 0.3) is 0 Å². The Hall–Kier alpha value is -1.36. The van der Waals surface area contributed by atoms with Gasteiger partial charge in [-0.3, -0.25) is 0 Å². The molecular formula is C10H17N5. The lowest BCUT2D eigenvalue weighted by atomic mass is 10.2. The Labute approximate surface area is 89.9 Å². The summed E-state index contributed by atoms with van der Waals surface area (Å²) < 4.78 is 0. The number of hydrogen-bond donors (Lipinski definition) is 1. The Morgan fingerprint density at radius 3 is 2.87 bits per heavy atom. The van der Waals surface area contributed by atoms with E-state index in [2.05, 4.69) is 33.7 Å². The fraction of sp³-hybridized carbons (Fsp3) is 0.600. The van der Waals surface area contributed by atoms with Crippen molar-refractivity contribution in [2.75, 3.05) is 37.3 Å². The molecular weight excluding hydrogens is 190 g/mol. The van der Waals surface area contributed by atoms with E-state index in [-0.39, 0.29) is 0 Å². The highest BCUT2D eigenvalue weighted by Gasteiger charge is 2.21. The van der Waals surface area contributed by atoms with Gasteiger partial charge in [-0.05, 0) is 14.0 Å². The molecule has 0 bridgehead atoms. The summed E-state index contributed by atoms with van der Waals surface area (Å²) in [5.41, 5.74) is 5.64. The summed E-state index contributed by atoms with van der Waals surface area (Å²) in [5.74, 6) is 1.47. The van der Waals surface area contributed by atoms with Gasteiger partial charge in [-0.2, -0.15) is 0 Å². The van der Waals surface area contributed by atoms with E-state index in [0.29, 0.717) is 11.9 Å². The van der Waals surface area contributed by atoms with Gasteiger partial charge in [0.25, 0.3) is 0 Å². The molecule has 0 amide bonds. The van der Waals surface area contributed by atoms with Crippen molar-refractivity contribution < 1.29 is 0 Å². The van der Waals surface area contributed by atoms with Crippen molar-refractivity contribution in [1.82, 2.24) is 14.9 Å². The maximum Gasteiger partial charge on any atom is 0.134 e. The minimum absolute atomic E-state index is 0.534. The van der Waals surface area contributed by atoms with Gasteiger partial charge in [0.2, 0.25) is 0 Å². The van der Waals surface area contributed by atoms with Crippen LogP contribution >= 0.6 is 0 Å². The Morgan fingerprint density at radius 1 is 1.40 bits per heavy atom. The minimum atomic E-state index is 0.534. The van der Waals surface area contributed by atoms with Crippen LogP contribution < -0.4 is 10.6 Å². The molecule has 1 aliphatic heterocycles. The van der Waals surface area contributed by atoms with Crippen molar-refractivity contribution in [3.05, 3.63) is 12.4 Å². The zero-order chi connectivity index (χ0) is 10.8. The molecule has 1 saturated heterocycles. The molecule has 1 aromatic rings. The highest BCUT2D eigenvalue weighted by Crippen LogP contribution is 2.16. The van der Waals surface area contributed by atoms with Gasteiger partial charge in [-0.1, -0.05) is 0 Å². The van der Waals surface area contributed by atoms with Gasteiger partial charge in [0.1, 0.15) is 18.0 Å². The summed E-state index contributed by atoms with van der Waals surface area (Å²) in [6, 6.07) is 2.38. The first-order valence-electron chi connectivity index (χ1n) is 5.19. The zero-order valence-corrected chi connectivity index (χ0v) is 9.22. The third-order valence-corrected chi connectivity index (χ3v) is 2.96. The molecule has 1 fully saturated rings. The third-order valence-electron chi connectivity index (χ3n) is 2.96. The van der Waals surface area contributed by atoms with E-state index < -0.39 is 0 Å². The molecule has 1 unspecified atom stereocenters. The lowest BCUT2D eigenvalue weighted by Crippen LogP contribution is -2.50. The monoisotopic (exact) mass is 207 g/mol. The molecule has 5 heteroatoms. The first kappa shape index (κ1) is 10.2. The lowest BCUT2D eigenvalue weighted by molar-refractivity contribution is 0.233. The fourth-order valence-electron chi connectivity index (χ4n) is 1.79. The van der Waals surface area contributed by atoms with Crippen molar-refractivity contribution >= 4 is 11.6 Å². The molecule has 5 nitrogen and oxygen atoms in total. The largest absolute Gasteiger partial charge is 0.384 e. The maximum absolute atomic E-state index is 5.64. The van der Waals surface area contributed by atoms with E-state index in [4.69, 9.17) is 5.73 Å². The van der Waals surface area contributed by atoms with Crippen LogP contribution in [0.3, 0.4) is 0 Å². The van der Waals surface area contributed by atoms with Gasteiger partial charge in [-0.15, -0.1) is 0 Å². The summed E-state index contributed by atoms with van der Waals surface area (Å²) in [4.78, 5) is 12.7. The van der Waals surface area contributed by atoms with E-state index in [9.17, 15) is 0 Å². The number of nitrogen functional groups attached to an aromatic ring is 1. The summed E-state index contributed by atoms with van der Waals surface area (Å²) in [6.07, 6.45) is 1.52. The number of piperazine rings is 1. The van der Waals surface area contributed by atoms with E-state index in [0.717, 1.165) is 25.5 Å². The highest BCUT2D eigenvalue weighted by molar-refractivity contribution is 5.46. The van der Waals surface area contributed by atoms with Gasteiger partial charge in [0, 0.05) is 31.7 Å². The Morgan fingerprint density at radius 2 is 2.20 bits per heavy atom. The number of likely N-dealkylation sites (N-methyl/N-ethyl adjacent to an activating group) is 1. The molecule has 2 heterocycles. The zero-order valence-electron chi connectivity index (χ0n) is 9.22. The number of nitrogens with two attached hydrogens (primary N) is 1. The van der Waals surface area contributed by atoms with Gasteiger partial charge in [0.15, 0.2) is 0 Å². The second-order valence-corrected chi connectivity index (χ2v) is 4.08. The van der Waals surface area contributed by atoms with Crippen molar-refractivity contribution in [2.45, 2.75) is 13.0 Å². The molecule has 0 aliphatic carbocycles. The Balaban J connectivity index is 2.12. The molecule has 0 aromatic carbocycles. The Bertz CT molecular complexity index is 340. The fourth-order valence-corrected chi connectivity index (χ4v) is 1.79. The molecule has 1 atom stereocenters. The quantitative estimate of drug-likeness (QED) is 0.713. The highest BCUT2D eigenvalue weighted by atomic mass is 15.3. The Kier molecular flexibility index (Phi) is 2.73. The van der Waals surface area contributed by atoms with Gasteiger partial charge in [0.05, 0.1) is 0 Å². The first-order valence-corrected chi connectivity index (χ1v) is 5.19. The summed E-state index contributed by atoms with van der Waals surface area (Å²) in [7, 11) is 2.15. The molecule has 0 spiro atoms. The predicted molar refractivity (Wildman–Crippen MR) is 60.7 cm³/mol. The third kappa shape index (κ3) is 2.18. The van der Waals surface area contributed by atoms with Crippen LogP contribution in [-0.2, 0) is 0 Å². The van der Waals surface area contributed by atoms with Gasteiger partial charge < -0.3 is 15.5 Å². The van der Waals surface area contributed by atoms with Crippen LogP contribution in [0.5, 0.6) is 0 Å². The summed E-state index contributed by atoms with van der Waals surface area (Å²) in [5, 5.41) is 0. The maximum atomic E-state index is 5.64. The van der Waals surface area contributed by atoms with E-state index in [1.54, 1.807) is 0 Å². The van der Waals surface area contributed by atoms with Gasteiger partial charge >= 0.3 is 0 Å². The number of anilines is 2. The standard InChI is InChI=1S/C10H17N5/c1-8-6-15(4-3-14(8)2)10-5-9(11)12-7-13-10/h5,7-8H,3-4,6H2,1-2H3,(H2,11,12,13). The van der Waals surface area contributed by atoms with Crippen molar-refractivity contribution in [1.29, 1.82) is 0 Å². The molecule has 2 rings (SSSR count). The van der Waals surface area contributed by atoms with Crippen LogP contribution in [0, 0.1) is 0 Å². The molecule has 1 aromatic heterocycles. The molecule has 0 radical (unpaired) electrons. The second-order valence-electron chi connectivity index (χ2n) is 4.08. The normalized spacial score (nSPS) is 23.1. The van der Waals surface area contributed by atoms with Gasteiger partial charge in [-0.25, -0.2) is 9.97 Å². The van der Waals surface area contributed by atoms with Crippen LogP contribution in [0.4, 0.5) is 11.6 Å². The van der Waals surface area contributed by atoms with Crippen molar-refractivity contribution in [2.24, 2.45) is 0 Å². The molecule has 1 aliphatic rings. The molecule has 15 heavy (non-hydrogen) atoms. The average Bonchev–Trinajstić information content (AvgIpc) is 2.22. The second kappa shape index (κ2) is 4.02. The minimum Gasteiger partial charge on any atom is -0.384 e. The van der Waals surface area contributed by atoms with E-state index in [1.165, 1.54) is 6.33 Å². The first-order chi connectivity index (χ1) is 7.16. The van der Waals surface area contributed by atoms with Crippen LogP contribution in [0.2, 0.25) is 0 Å². The van der Waals surface area contributed by atoms with Crippen LogP contribution in [-0.4, -0.2) is 47.6 Å². The number of rotatable bonds is 1. The number of hydrogen-bond acceptors (Lipinski definition) is 5. The molecule has 2 N–H and O–H groups in total.